The first kappa shape index (κ1) is 9.72. The number of ketones is 1. The van der Waals surface area contributed by atoms with Crippen molar-refractivity contribution in [3.05, 3.63) is 33.8 Å². The maximum Gasteiger partial charge on any atom is 0.163 e. The Bertz CT molecular complexity index is 396. The van der Waals surface area contributed by atoms with E-state index in [-0.39, 0.29) is 5.78 Å². The van der Waals surface area contributed by atoms with E-state index in [0.717, 1.165) is 28.1 Å². The summed E-state index contributed by atoms with van der Waals surface area (Å²) in [6, 6.07) is 3.88. The molecule has 0 saturated carbocycles. The van der Waals surface area contributed by atoms with Crippen LogP contribution in [-0.4, -0.2) is 5.78 Å². The smallest absolute Gasteiger partial charge is 0.163 e. The van der Waals surface area contributed by atoms with Crippen LogP contribution >= 0.6 is 11.6 Å². The molecule has 0 heterocycles. The van der Waals surface area contributed by atoms with E-state index in [1.165, 1.54) is 0 Å². The largest absolute Gasteiger partial charge is 0.294 e. The lowest BCUT2D eigenvalue weighted by atomic mass is 9.82. The first-order chi connectivity index (χ1) is 6.59. The molecule has 1 atom stereocenters. The SMILES string of the molecule is Cc1cc2c(cc1Cl)C(C)CCC2=O. The molecule has 0 aliphatic heterocycles. The minimum atomic E-state index is 0.262. The van der Waals surface area contributed by atoms with Gasteiger partial charge in [-0.15, -0.1) is 0 Å². The van der Waals surface area contributed by atoms with E-state index >= 15 is 0 Å². The molecular formula is C12H13ClO. The van der Waals surface area contributed by atoms with Crippen LogP contribution in [0.1, 0.15) is 47.2 Å². The molecule has 0 spiro atoms. The van der Waals surface area contributed by atoms with Crippen LogP contribution in [0, 0.1) is 6.92 Å². The van der Waals surface area contributed by atoms with Gasteiger partial charge in [0.2, 0.25) is 0 Å². The van der Waals surface area contributed by atoms with Gasteiger partial charge in [0.15, 0.2) is 5.78 Å². The fourth-order valence-electron chi connectivity index (χ4n) is 1.98. The maximum absolute atomic E-state index is 11.7. The minimum Gasteiger partial charge on any atom is -0.294 e. The van der Waals surface area contributed by atoms with Gasteiger partial charge in [-0.3, -0.25) is 4.79 Å². The molecule has 1 unspecified atom stereocenters. The summed E-state index contributed by atoms with van der Waals surface area (Å²) < 4.78 is 0. The van der Waals surface area contributed by atoms with Gasteiger partial charge < -0.3 is 0 Å². The summed E-state index contributed by atoms with van der Waals surface area (Å²) in [5.74, 6) is 0.721. The predicted molar refractivity (Wildman–Crippen MR) is 58.2 cm³/mol. The Morgan fingerprint density at radius 3 is 2.86 bits per heavy atom. The van der Waals surface area contributed by atoms with Crippen LogP contribution in [0.15, 0.2) is 12.1 Å². The molecule has 0 fully saturated rings. The molecule has 2 heteroatoms. The summed E-state index contributed by atoms with van der Waals surface area (Å²) in [7, 11) is 0. The van der Waals surface area contributed by atoms with E-state index in [9.17, 15) is 4.79 Å². The monoisotopic (exact) mass is 208 g/mol. The van der Waals surface area contributed by atoms with Gasteiger partial charge in [-0.25, -0.2) is 0 Å². The van der Waals surface area contributed by atoms with Gasteiger partial charge in [-0.05, 0) is 42.5 Å². The highest BCUT2D eigenvalue weighted by atomic mass is 35.5. The van der Waals surface area contributed by atoms with Crippen LogP contribution in [-0.2, 0) is 0 Å². The fraction of sp³-hybridized carbons (Fsp3) is 0.417. The standard InChI is InChI=1S/C12H13ClO/c1-7-3-4-12(14)10-5-8(2)11(13)6-9(7)10/h5-7H,3-4H2,1-2H3. The van der Waals surface area contributed by atoms with Crippen LogP contribution < -0.4 is 0 Å². The van der Waals surface area contributed by atoms with Crippen molar-refractivity contribution in [1.82, 2.24) is 0 Å². The number of benzene rings is 1. The van der Waals surface area contributed by atoms with E-state index < -0.39 is 0 Å². The Labute approximate surface area is 89.1 Å². The quantitative estimate of drug-likeness (QED) is 0.635. The second kappa shape index (κ2) is 3.39. The van der Waals surface area contributed by atoms with E-state index in [1.807, 2.05) is 19.1 Å². The van der Waals surface area contributed by atoms with Crippen LogP contribution in [0.25, 0.3) is 0 Å². The molecule has 1 aliphatic rings. The summed E-state index contributed by atoms with van der Waals surface area (Å²) >= 11 is 6.05. The molecule has 1 aromatic rings. The molecule has 1 aliphatic carbocycles. The third kappa shape index (κ3) is 1.46. The van der Waals surface area contributed by atoms with E-state index in [1.54, 1.807) is 0 Å². The Morgan fingerprint density at radius 1 is 1.43 bits per heavy atom. The zero-order valence-electron chi connectivity index (χ0n) is 8.43. The Morgan fingerprint density at radius 2 is 2.14 bits per heavy atom. The Hall–Kier alpha value is -0.820. The van der Waals surface area contributed by atoms with Crippen molar-refractivity contribution in [3.63, 3.8) is 0 Å². The van der Waals surface area contributed by atoms with Crippen molar-refractivity contribution < 1.29 is 4.79 Å². The molecule has 0 aromatic heterocycles. The number of hydrogen-bond acceptors (Lipinski definition) is 1. The summed E-state index contributed by atoms with van der Waals surface area (Å²) in [6.45, 7) is 4.09. The molecule has 0 bridgehead atoms. The lowest BCUT2D eigenvalue weighted by molar-refractivity contribution is 0.0968. The van der Waals surface area contributed by atoms with Gasteiger partial charge in [0, 0.05) is 17.0 Å². The maximum atomic E-state index is 11.7. The van der Waals surface area contributed by atoms with Crippen molar-refractivity contribution >= 4 is 17.4 Å². The number of fused-ring (bicyclic) bond motifs is 1. The highest BCUT2D eigenvalue weighted by Gasteiger charge is 2.23. The lowest BCUT2D eigenvalue weighted by Crippen LogP contribution is -2.14. The molecule has 74 valence electrons. The van der Waals surface area contributed by atoms with E-state index in [4.69, 9.17) is 11.6 Å². The van der Waals surface area contributed by atoms with Crippen LogP contribution in [0.3, 0.4) is 0 Å². The molecule has 0 N–H and O–H groups in total. The normalized spacial score (nSPS) is 20.8. The van der Waals surface area contributed by atoms with Gasteiger partial charge in [0.1, 0.15) is 0 Å². The van der Waals surface area contributed by atoms with Crippen LogP contribution in [0.2, 0.25) is 5.02 Å². The number of rotatable bonds is 0. The zero-order chi connectivity index (χ0) is 10.3. The molecule has 0 amide bonds. The van der Waals surface area contributed by atoms with E-state index in [0.29, 0.717) is 12.3 Å². The van der Waals surface area contributed by atoms with Gasteiger partial charge in [-0.1, -0.05) is 18.5 Å². The van der Waals surface area contributed by atoms with Crippen molar-refractivity contribution in [3.8, 4) is 0 Å². The highest BCUT2D eigenvalue weighted by Crippen LogP contribution is 2.34. The number of Topliss-reactive ketones (excluding diaryl/α,β-unsaturated/α-hetero) is 1. The number of carbonyl (C=O) groups is 1. The summed E-state index contributed by atoms with van der Waals surface area (Å²) in [6.07, 6.45) is 1.63. The average Bonchev–Trinajstić information content (AvgIpc) is 2.15. The highest BCUT2D eigenvalue weighted by molar-refractivity contribution is 6.31. The van der Waals surface area contributed by atoms with Crippen LogP contribution in [0.5, 0.6) is 0 Å². The third-order valence-corrected chi connectivity index (χ3v) is 3.37. The zero-order valence-corrected chi connectivity index (χ0v) is 9.19. The van der Waals surface area contributed by atoms with E-state index in [2.05, 4.69) is 6.92 Å². The second-order valence-electron chi connectivity index (χ2n) is 4.05. The van der Waals surface area contributed by atoms with Gasteiger partial charge in [0.05, 0.1) is 0 Å². The van der Waals surface area contributed by atoms with Gasteiger partial charge >= 0.3 is 0 Å². The van der Waals surface area contributed by atoms with Crippen molar-refractivity contribution in [2.24, 2.45) is 0 Å². The topological polar surface area (TPSA) is 17.1 Å². The van der Waals surface area contributed by atoms with Crippen molar-refractivity contribution in [1.29, 1.82) is 0 Å². The Balaban J connectivity index is 2.62. The molecule has 14 heavy (non-hydrogen) atoms. The average molecular weight is 209 g/mol. The second-order valence-corrected chi connectivity index (χ2v) is 4.46. The number of aryl methyl sites for hydroxylation is 1. The Kier molecular flexibility index (Phi) is 2.36. The molecule has 1 aromatic carbocycles. The van der Waals surface area contributed by atoms with Crippen LogP contribution in [0.4, 0.5) is 0 Å². The number of hydrogen-bond donors (Lipinski definition) is 0. The summed E-state index contributed by atoms with van der Waals surface area (Å²) in [5.41, 5.74) is 3.00. The first-order valence-electron chi connectivity index (χ1n) is 4.93. The molecule has 1 nitrogen and oxygen atoms in total. The molecule has 2 rings (SSSR count). The van der Waals surface area contributed by atoms with Crippen molar-refractivity contribution in [2.45, 2.75) is 32.6 Å². The molecule has 0 radical (unpaired) electrons. The molecule has 0 saturated heterocycles. The first-order valence-corrected chi connectivity index (χ1v) is 5.30. The van der Waals surface area contributed by atoms with Gasteiger partial charge in [0.25, 0.3) is 0 Å². The number of carbonyl (C=O) groups excluding carboxylic acids is 1. The fourth-order valence-corrected chi connectivity index (χ4v) is 2.16. The lowest BCUT2D eigenvalue weighted by Gasteiger charge is -2.22. The summed E-state index contributed by atoms with van der Waals surface area (Å²) in [5, 5.41) is 0.769. The molecular weight excluding hydrogens is 196 g/mol. The third-order valence-electron chi connectivity index (χ3n) is 2.97. The predicted octanol–water partition coefficient (Wildman–Crippen LogP) is 3.73. The minimum absolute atomic E-state index is 0.262. The van der Waals surface area contributed by atoms with Crippen molar-refractivity contribution in [2.75, 3.05) is 0 Å². The number of halogens is 1. The summed E-state index contributed by atoms with van der Waals surface area (Å²) in [4.78, 5) is 11.7. The van der Waals surface area contributed by atoms with Gasteiger partial charge in [-0.2, -0.15) is 0 Å².